The lowest BCUT2D eigenvalue weighted by atomic mass is 10.0. The lowest BCUT2D eigenvalue weighted by Gasteiger charge is -2.13. The van der Waals surface area contributed by atoms with Gasteiger partial charge in [0.1, 0.15) is 0 Å². The van der Waals surface area contributed by atoms with Crippen LogP contribution in [0.25, 0.3) is 95.5 Å². The summed E-state index contributed by atoms with van der Waals surface area (Å²) >= 11 is 0. The zero-order valence-electron chi connectivity index (χ0n) is 31.3. The van der Waals surface area contributed by atoms with Gasteiger partial charge < -0.3 is 9.13 Å². The molecule has 0 bridgehead atoms. The summed E-state index contributed by atoms with van der Waals surface area (Å²) in [5.74, 6) is 1.87. The summed E-state index contributed by atoms with van der Waals surface area (Å²) in [6.45, 7) is 6.05. The van der Waals surface area contributed by atoms with Crippen LogP contribution in [0.15, 0.2) is 187 Å². The van der Waals surface area contributed by atoms with Gasteiger partial charge in [-0.2, -0.15) is 0 Å². The molecule has 0 aliphatic carbocycles. The van der Waals surface area contributed by atoms with Gasteiger partial charge in [-0.3, -0.25) is 4.99 Å². The van der Waals surface area contributed by atoms with Crippen LogP contribution in [-0.4, -0.2) is 30.8 Å². The van der Waals surface area contributed by atoms with E-state index in [1.54, 1.807) is 0 Å². The predicted octanol–water partition coefficient (Wildman–Crippen LogP) is 12.9. The van der Waals surface area contributed by atoms with Crippen molar-refractivity contribution in [2.75, 3.05) is 0 Å². The fourth-order valence-electron chi connectivity index (χ4n) is 8.01. The highest BCUT2D eigenvalue weighted by atomic mass is 15.0. The molecule has 0 aliphatic heterocycles. The molecule has 0 amide bonds. The maximum absolute atomic E-state index is 4.97. The Balaban J connectivity index is 1.15. The molecule has 10 rings (SSSR count). The van der Waals surface area contributed by atoms with Crippen LogP contribution in [0.3, 0.4) is 0 Å². The Hall–Kier alpha value is -7.70. The van der Waals surface area contributed by atoms with Crippen molar-refractivity contribution in [3.8, 4) is 56.7 Å². The van der Waals surface area contributed by atoms with Gasteiger partial charge >= 0.3 is 0 Å². The molecule has 0 atom stereocenters. The van der Waals surface area contributed by atoms with Gasteiger partial charge in [0.05, 0.1) is 27.9 Å². The molecule has 270 valence electrons. The van der Waals surface area contributed by atoms with E-state index >= 15 is 0 Å². The predicted molar refractivity (Wildman–Crippen MR) is 237 cm³/mol. The minimum atomic E-state index is 0.609. The first kappa shape index (κ1) is 33.8. The van der Waals surface area contributed by atoms with Crippen LogP contribution in [0, 0.1) is 0 Å². The monoisotopic (exact) mass is 732 g/mol. The van der Waals surface area contributed by atoms with Crippen LogP contribution in [0.4, 0.5) is 5.69 Å². The molecule has 0 radical (unpaired) electrons. The number of hydrogen-bond acceptors (Lipinski definition) is 4. The van der Waals surface area contributed by atoms with Gasteiger partial charge in [-0.25, -0.2) is 15.0 Å². The van der Waals surface area contributed by atoms with Gasteiger partial charge in [0, 0.05) is 49.8 Å². The van der Waals surface area contributed by atoms with Gasteiger partial charge in [-0.1, -0.05) is 127 Å². The Labute approximate surface area is 330 Å². The molecular weight excluding hydrogens is 697 g/mol. The zero-order chi connectivity index (χ0) is 38.3. The van der Waals surface area contributed by atoms with E-state index in [2.05, 4.69) is 148 Å². The smallest absolute Gasteiger partial charge is 0.164 e. The van der Waals surface area contributed by atoms with Crippen molar-refractivity contribution in [1.29, 1.82) is 0 Å². The Bertz CT molecular complexity index is 3060. The van der Waals surface area contributed by atoms with Crippen LogP contribution in [0.5, 0.6) is 0 Å². The van der Waals surface area contributed by atoms with Crippen molar-refractivity contribution in [2.24, 2.45) is 4.99 Å². The normalized spacial score (nSPS) is 11.6. The van der Waals surface area contributed by atoms with E-state index in [4.69, 9.17) is 15.0 Å². The molecule has 0 N–H and O–H groups in total. The second kappa shape index (κ2) is 14.2. The van der Waals surface area contributed by atoms with Crippen LogP contribution in [-0.2, 0) is 0 Å². The summed E-state index contributed by atoms with van der Waals surface area (Å²) in [6, 6.07) is 61.1. The molecule has 57 heavy (non-hydrogen) atoms. The summed E-state index contributed by atoms with van der Waals surface area (Å²) in [4.78, 5) is 19.4. The molecule has 0 fully saturated rings. The molecule has 3 heterocycles. The van der Waals surface area contributed by atoms with Crippen molar-refractivity contribution in [3.05, 3.63) is 188 Å². The highest BCUT2D eigenvalue weighted by Gasteiger charge is 2.21. The summed E-state index contributed by atoms with van der Waals surface area (Å²) in [6.07, 6.45) is 4.16. The Morgan fingerprint density at radius 3 is 1.65 bits per heavy atom. The van der Waals surface area contributed by atoms with Crippen molar-refractivity contribution in [2.45, 2.75) is 6.92 Å². The molecule has 0 saturated heterocycles. The minimum absolute atomic E-state index is 0.609. The number of allylic oxidation sites excluding steroid dienone is 1. The van der Waals surface area contributed by atoms with E-state index in [1.165, 1.54) is 21.8 Å². The zero-order valence-corrected chi connectivity index (χ0v) is 31.3. The molecule has 0 spiro atoms. The van der Waals surface area contributed by atoms with Gasteiger partial charge in [0.15, 0.2) is 17.5 Å². The highest BCUT2D eigenvalue weighted by Crippen LogP contribution is 2.42. The topological polar surface area (TPSA) is 60.9 Å². The highest BCUT2D eigenvalue weighted by molar-refractivity contribution is 6.14. The van der Waals surface area contributed by atoms with Crippen LogP contribution < -0.4 is 0 Å². The number of benzene rings is 7. The third-order valence-electron chi connectivity index (χ3n) is 10.6. The van der Waals surface area contributed by atoms with E-state index in [1.807, 2.05) is 67.6 Å². The fourth-order valence-corrected chi connectivity index (χ4v) is 8.01. The maximum atomic E-state index is 4.97. The molecule has 0 saturated carbocycles. The van der Waals surface area contributed by atoms with Crippen molar-refractivity contribution in [1.82, 2.24) is 24.1 Å². The second-order valence-corrected chi connectivity index (χ2v) is 13.9. The molecule has 6 nitrogen and oxygen atoms in total. The van der Waals surface area contributed by atoms with Gasteiger partial charge in [0.2, 0.25) is 0 Å². The quantitative estimate of drug-likeness (QED) is 0.146. The first-order chi connectivity index (χ1) is 28.2. The van der Waals surface area contributed by atoms with Gasteiger partial charge in [-0.05, 0) is 79.9 Å². The van der Waals surface area contributed by atoms with Crippen LogP contribution >= 0.6 is 0 Å². The average molecular weight is 733 g/mol. The van der Waals surface area contributed by atoms with Crippen molar-refractivity contribution < 1.29 is 0 Å². The maximum Gasteiger partial charge on any atom is 0.164 e. The number of fused-ring (bicyclic) bond motifs is 4. The summed E-state index contributed by atoms with van der Waals surface area (Å²) in [7, 11) is 0. The first-order valence-corrected chi connectivity index (χ1v) is 19.0. The molecule has 6 heteroatoms. The number of rotatable bonds is 8. The van der Waals surface area contributed by atoms with Crippen LogP contribution in [0.1, 0.15) is 12.6 Å². The van der Waals surface area contributed by atoms with Gasteiger partial charge in [0.25, 0.3) is 0 Å². The second-order valence-electron chi connectivity index (χ2n) is 13.9. The van der Waals surface area contributed by atoms with E-state index in [-0.39, 0.29) is 0 Å². The molecular formula is C51H36N6. The van der Waals surface area contributed by atoms with E-state index < -0.39 is 0 Å². The Morgan fingerprint density at radius 1 is 0.474 bits per heavy atom. The van der Waals surface area contributed by atoms with Crippen LogP contribution in [0.2, 0.25) is 0 Å². The van der Waals surface area contributed by atoms with E-state index in [9.17, 15) is 0 Å². The molecule has 7 aromatic carbocycles. The number of aliphatic imine (C=N–C) groups is 1. The fraction of sp³-hybridized carbons (Fsp3) is 0.0196. The number of para-hydroxylation sites is 3. The third kappa shape index (κ3) is 5.83. The Kier molecular flexibility index (Phi) is 8.42. The largest absolute Gasteiger partial charge is 0.309 e. The first-order valence-electron chi connectivity index (χ1n) is 19.0. The number of nitrogens with zero attached hydrogens (tertiary/aromatic N) is 6. The average Bonchev–Trinajstić information content (AvgIpc) is 3.79. The molecule has 0 aliphatic rings. The third-order valence-corrected chi connectivity index (χ3v) is 10.6. The van der Waals surface area contributed by atoms with Crippen molar-refractivity contribution >= 4 is 51.2 Å². The summed E-state index contributed by atoms with van der Waals surface area (Å²) < 4.78 is 4.66. The SMILES string of the molecule is C=Nc1c(/C=C\C)n(-c2ccc(-c3nc(-c4ccccc4)nc(-c4ccccc4)n3)cc2)c2cc(-c3cccc4c5ccccc5n(-c5ccccc5)c34)ccc12. The summed E-state index contributed by atoms with van der Waals surface area (Å²) in [5.41, 5.74) is 12.3. The number of aromatic nitrogens is 5. The van der Waals surface area contributed by atoms with Gasteiger partial charge in [-0.15, -0.1) is 0 Å². The standard InChI is InChI=1S/C51H36N6/c1-3-16-45-47(52-2)43-32-29-37(40-24-15-25-42-41-23-13-14-26-44(41)57(48(40)42)38-21-11-6-12-22-38)33-46(43)56(45)39-30-27-36(28-31-39)51-54-49(34-17-7-4-8-18-34)53-50(55-51)35-19-9-5-10-20-35/h3-33H,2H2,1H3/b16-3-. The lowest BCUT2D eigenvalue weighted by molar-refractivity contribution is 1.07. The Morgan fingerprint density at radius 2 is 1.02 bits per heavy atom. The lowest BCUT2D eigenvalue weighted by Crippen LogP contribution is -2.01. The van der Waals surface area contributed by atoms with E-state index in [0.29, 0.717) is 17.5 Å². The van der Waals surface area contributed by atoms with Crippen molar-refractivity contribution in [3.63, 3.8) is 0 Å². The molecule has 3 aromatic heterocycles. The minimum Gasteiger partial charge on any atom is -0.309 e. The van der Waals surface area contributed by atoms with E-state index in [0.717, 1.165) is 61.5 Å². The molecule has 0 unspecified atom stereocenters. The molecule has 10 aromatic rings. The number of hydrogen-bond donors (Lipinski definition) is 0. The summed E-state index contributed by atoms with van der Waals surface area (Å²) in [5, 5.41) is 3.46.